The molecule has 0 aliphatic carbocycles. The van der Waals surface area contributed by atoms with Crippen LogP contribution in [0, 0.1) is 6.92 Å². The van der Waals surface area contributed by atoms with Crippen LogP contribution < -0.4 is 0 Å². The van der Waals surface area contributed by atoms with Gasteiger partial charge in [-0.05, 0) is 19.1 Å². The Bertz CT molecular complexity index is 436. The van der Waals surface area contributed by atoms with E-state index in [0.717, 1.165) is 0 Å². The van der Waals surface area contributed by atoms with E-state index < -0.39 is 6.43 Å². The smallest absolute Gasteiger partial charge is 0.226 e. The fourth-order valence-corrected chi connectivity index (χ4v) is 1.23. The Labute approximate surface area is 73.0 Å². The molecule has 0 fully saturated rings. The van der Waals surface area contributed by atoms with Crippen LogP contribution in [0.15, 0.2) is 18.3 Å². The number of alkyl halides is 2. The quantitative estimate of drug-likeness (QED) is 0.676. The highest BCUT2D eigenvalue weighted by Crippen LogP contribution is 2.21. The molecule has 0 saturated carbocycles. The monoisotopic (exact) mass is 183 g/mol. The molecule has 0 bridgehead atoms. The van der Waals surface area contributed by atoms with Gasteiger partial charge < -0.3 is 0 Å². The fraction of sp³-hybridized carbons (Fsp3) is 0.250. The number of hydrogen-bond donors (Lipinski definition) is 0. The zero-order valence-corrected chi connectivity index (χ0v) is 6.91. The Morgan fingerprint density at radius 1 is 1.46 bits per heavy atom. The van der Waals surface area contributed by atoms with Gasteiger partial charge in [0, 0.05) is 6.20 Å². The largest absolute Gasteiger partial charge is 0.282 e. The molecule has 0 aliphatic rings. The molecule has 0 spiro atoms. The van der Waals surface area contributed by atoms with Gasteiger partial charge in [0.25, 0.3) is 6.43 Å². The Morgan fingerprint density at radius 3 is 2.85 bits per heavy atom. The zero-order valence-electron chi connectivity index (χ0n) is 6.91. The molecule has 13 heavy (non-hydrogen) atoms. The molecule has 3 nitrogen and oxygen atoms in total. The van der Waals surface area contributed by atoms with Crippen molar-refractivity contribution in [1.29, 1.82) is 0 Å². The van der Waals surface area contributed by atoms with E-state index in [2.05, 4.69) is 10.1 Å². The Morgan fingerprint density at radius 2 is 2.23 bits per heavy atom. The summed E-state index contributed by atoms with van der Waals surface area (Å²) >= 11 is 0. The summed E-state index contributed by atoms with van der Waals surface area (Å²) in [7, 11) is 0. The van der Waals surface area contributed by atoms with Gasteiger partial charge in [0.2, 0.25) is 0 Å². The van der Waals surface area contributed by atoms with E-state index in [0.29, 0.717) is 11.3 Å². The topological polar surface area (TPSA) is 30.2 Å². The highest BCUT2D eigenvalue weighted by molar-refractivity contribution is 5.40. The van der Waals surface area contributed by atoms with Gasteiger partial charge in [-0.3, -0.25) is 0 Å². The van der Waals surface area contributed by atoms with Gasteiger partial charge >= 0.3 is 0 Å². The lowest BCUT2D eigenvalue weighted by molar-refractivity contribution is 0.146. The van der Waals surface area contributed by atoms with Gasteiger partial charge in [-0.15, -0.1) is 0 Å². The van der Waals surface area contributed by atoms with Crippen LogP contribution in [0.5, 0.6) is 0 Å². The lowest BCUT2D eigenvalue weighted by Crippen LogP contribution is -1.93. The molecule has 5 heteroatoms. The van der Waals surface area contributed by atoms with Crippen molar-refractivity contribution in [1.82, 2.24) is 14.6 Å². The average Bonchev–Trinajstić information content (AvgIpc) is 2.45. The van der Waals surface area contributed by atoms with Gasteiger partial charge in [0.15, 0.2) is 5.65 Å². The van der Waals surface area contributed by atoms with Crippen LogP contribution in [0.3, 0.4) is 0 Å². The molecular formula is C8H7F2N3. The molecule has 0 amide bonds. The van der Waals surface area contributed by atoms with Crippen molar-refractivity contribution in [3.8, 4) is 0 Å². The minimum atomic E-state index is -2.54. The molecule has 0 aromatic carbocycles. The molecule has 0 unspecified atom stereocenters. The van der Waals surface area contributed by atoms with E-state index in [1.165, 1.54) is 10.7 Å². The van der Waals surface area contributed by atoms with E-state index in [1.54, 1.807) is 19.1 Å². The van der Waals surface area contributed by atoms with Crippen LogP contribution in [-0.2, 0) is 0 Å². The van der Waals surface area contributed by atoms with Crippen molar-refractivity contribution in [3.63, 3.8) is 0 Å². The van der Waals surface area contributed by atoms with E-state index >= 15 is 0 Å². The van der Waals surface area contributed by atoms with Crippen molar-refractivity contribution in [2.45, 2.75) is 13.3 Å². The molecule has 68 valence electrons. The first-order valence-electron chi connectivity index (χ1n) is 3.78. The second kappa shape index (κ2) is 2.76. The third kappa shape index (κ3) is 1.16. The summed E-state index contributed by atoms with van der Waals surface area (Å²) in [5.74, 6) is 0. The second-order valence-corrected chi connectivity index (χ2v) is 2.68. The molecule has 2 aromatic rings. The number of hydrogen-bond acceptors (Lipinski definition) is 2. The first-order chi connectivity index (χ1) is 6.20. The van der Waals surface area contributed by atoms with Crippen LogP contribution in [0.1, 0.15) is 17.8 Å². The predicted molar refractivity (Wildman–Crippen MR) is 42.7 cm³/mol. The third-order valence-electron chi connectivity index (χ3n) is 1.86. The minimum absolute atomic E-state index is 0.196. The number of aromatic nitrogens is 3. The number of aryl methyl sites for hydroxylation is 1. The molecule has 0 N–H and O–H groups in total. The predicted octanol–water partition coefficient (Wildman–Crippen LogP) is 1.98. The van der Waals surface area contributed by atoms with E-state index in [1.807, 2.05) is 0 Å². The summed E-state index contributed by atoms with van der Waals surface area (Å²) in [5.41, 5.74) is 0.652. The van der Waals surface area contributed by atoms with Crippen LogP contribution >= 0.6 is 0 Å². The van der Waals surface area contributed by atoms with Crippen molar-refractivity contribution in [2.75, 3.05) is 0 Å². The average molecular weight is 183 g/mol. The maximum Gasteiger partial charge on any atom is 0.282 e. The Hall–Kier alpha value is -1.52. The first-order valence-corrected chi connectivity index (χ1v) is 3.78. The second-order valence-electron chi connectivity index (χ2n) is 2.68. The fourth-order valence-electron chi connectivity index (χ4n) is 1.23. The number of fused-ring (bicyclic) bond motifs is 1. The zero-order chi connectivity index (χ0) is 9.42. The van der Waals surface area contributed by atoms with Gasteiger partial charge in [-0.25, -0.2) is 18.3 Å². The van der Waals surface area contributed by atoms with Crippen molar-refractivity contribution < 1.29 is 8.78 Å². The van der Waals surface area contributed by atoms with Gasteiger partial charge in [0.1, 0.15) is 5.69 Å². The molecular weight excluding hydrogens is 176 g/mol. The van der Waals surface area contributed by atoms with Gasteiger partial charge in [-0.2, -0.15) is 5.10 Å². The maximum absolute atomic E-state index is 12.4. The third-order valence-corrected chi connectivity index (χ3v) is 1.86. The summed E-state index contributed by atoms with van der Waals surface area (Å²) in [5, 5.41) is 3.90. The number of nitrogens with zero attached hydrogens (tertiary/aromatic N) is 3. The van der Waals surface area contributed by atoms with Crippen molar-refractivity contribution in [3.05, 3.63) is 29.7 Å². The molecule has 0 atom stereocenters. The van der Waals surface area contributed by atoms with Crippen LogP contribution in [0.2, 0.25) is 0 Å². The van der Waals surface area contributed by atoms with E-state index in [-0.39, 0.29) is 5.69 Å². The van der Waals surface area contributed by atoms with Crippen LogP contribution in [0.4, 0.5) is 8.78 Å². The molecule has 2 aromatic heterocycles. The summed E-state index contributed by atoms with van der Waals surface area (Å²) in [4.78, 5) is 3.76. The van der Waals surface area contributed by atoms with E-state index in [9.17, 15) is 8.78 Å². The number of imidazole rings is 1. The molecule has 0 radical (unpaired) electrons. The minimum Gasteiger partial charge on any atom is -0.226 e. The van der Waals surface area contributed by atoms with E-state index in [4.69, 9.17) is 0 Å². The SMILES string of the molecule is Cc1c(C(F)F)nc2cccnn12. The van der Waals surface area contributed by atoms with Crippen LogP contribution in [0.25, 0.3) is 5.65 Å². The summed E-state index contributed by atoms with van der Waals surface area (Å²) < 4.78 is 26.1. The maximum atomic E-state index is 12.4. The first kappa shape index (κ1) is 8.10. The summed E-state index contributed by atoms with van der Waals surface area (Å²) in [6.45, 7) is 1.58. The molecule has 2 heterocycles. The highest BCUT2D eigenvalue weighted by atomic mass is 19.3. The lowest BCUT2D eigenvalue weighted by Gasteiger charge is -1.94. The van der Waals surface area contributed by atoms with Gasteiger partial charge in [-0.1, -0.05) is 0 Å². The normalized spacial score (nSPS) is 11.4. The number of rotatable bonds is 1. The molecule has 0 aliphatic heterocycles. The lowest BCUT2D eigenvalue weighted by atomic mass is 10.4. The Kier molecular flexibility index (Phi) is 1.72. The van der Waals surface area contributed by atoms with Crippen molar-refractivity contribution >= 4 is 5.65 Å². The summed E-state index contributed by atoms with van der Waals surface area (Å²) in [6, 6.07) is 3.31. The Balaban J connectivity index is 2.74. The summed E-state index contributed by atoms with van der Waals surface area (Å²) in [6.07, 6.45) is -1.00. The van der Waals surface area contributed by atoms with Crippen LogP contribution in [-0.4, -0.2) is 14.6 Å². The van der Waals surface area contributed by atoms with Crippen molar-refractivity contribution in [2.24, 2.45) is 0 Å². The highest BCUT2D eigenvalue weighted by Gasteiger charge is 2.16. The molecule has 0 saturated heterocycles. The molecule has 2 rings (SSSR count). The standard InChI is InChI=1S/C8H7F2N3/c1-5-7(8(9)10)12-6-3-2-4-11-13(5)6/h2-4,8H,1H3. The number of halogens is 2. The van der Waals surface area contributed by atoms with Gasteiger partial charge in [0.05, 0.1) is 5.69 Å².